The Morgan fingerprint density at radius 1 is 0.771 bits per heavy atom. The molecule has 0 unspecified atom stereocenters. The minimum Gasteiger partial charge on any atom is -0.459 e. The van der Waals surface area contributed by atoms with E-state index in [0.717, 1.165) is 15.7 Å². The van der Waals surface area contributed by atoms with Crippen LogP contribution in [-0.2, 0) is 14.4 Å². The number of furan rings is 1. The molecule has 3 heterocycles. The smallest absolute Gasteiger partial charge is 0.266 e. The maximum atomic E-state index is 13.7. The zero-order valence-corrected chi connectivity index (χ0v) is 20.5. The molecular weight excluding hydrogens is 532 g/mol. The summed E-state index contributed by atoms with van der Waals surface area (Å²) in [4.78, 5) is 34.4. The Balaban J connectivity index is 1.41. The van der Waals surface area contributed by atoms with Gasteiger partial charge >= 0.3 is 0 Å². The van der Waals surface area contributed by atoms with Crippen LogP contribution in [0.1, 0.15) is 11.8 Å². The van der Waals surface area contributed by atoms with Gasteiger partial charge in [0, 0.05) is 15.1 Å². The quantitative estimate of drug-likeness (QED) is 0.275. The molecule has 4 aromatic rings. The number of benzene rings is 3. The first-order chi connectivity index (χ1) is 17.0. The lowest BCUT2D eigenvalue weighted by molar-refractivity contribution is -0.126. The van der Waals surface area contributed by atoms with Crippen LogP contribution in [0.3, 0.4) is 0 Å². The van der Waals surface area contributed by atoms with Crippen LogP contribution in [-0.4, -0.2) is 17.9 Å². The lowest BCUT2D eigenvalue weighted by Crippen LogP contribution is -2.37. The van der Waals surface area contributed by atoms with E-state index in [4.69, 9.17) is 20.9 Å². The van der Waals surface area contributed by atoms with Crippen molar-refractivity contribution >= 4 is 50.7 Å². The molecule has 3 atom stereocenters. The Labute approximate surface area is 214 Å². The largest absolute Gasteiger partial charge is 0.459 e. The van der Waals surface area contributed by atoms with Crippen LogP contribution in [0.15, 0.2) is 99.9 Å². The van der Waals surface area contributed by atoms with E-state index >= 15 is 0 Å². The molecule has 2 aliphatic heterocycles. The highest BCUT2D eigenvalue weighted by molar-refractivity contribution is 9.10. The summed E-state index contributed by atoms with van der Waals surface area (Å²) in [6.07, 6.45) is -0.968. The fourth-order valence-electron chi connectivity index (χ4n) is 4.63. The second-order valence-electron chi connectivity index (χ2n) is 8.36. The first kappa shape index (κ1) is 22.1. The van der Waals surface area contributed by atoms with Crippen LogP contribution in [0.5, 0.6) is 0 Å². The van der Waals surface area contributed by atoms with Gasteiger partial charge in [-0.1, -0.05) is 57.9 Å². The summed E-state index contributed by atoms with van der Waals surface area (Å²) in [6, 6.07) is 26.9. The predicted octanol–water partition coefficient (Wildman–Crippen LogP) is 6.41. The number of hydrogen-bond acceptors (Lipinski definition) is 5. The molecule has 174 valence electrons. The number of nitrogens with zero attached hydrogens (tertiary/aromatic N) is 2. The van der Waals surface area contributed by atoms with E-state index in [1.807, 2.05) is 66.7 Å². The van der Waals surface area contributed by atoms with Crippen molar-refractivity contribution in [1.82, 2.24) is 0 Å². The highest BCUT2D eigenvalue weighted by Crippen LogP contribution is 2.48. The molecule has 0 bridgehead atoms. The number of rotatable bonds is 4. The summed E-state index contributed by atoms with van der Waals surface area (Å²) in [5.41, 5.74) is 2.09. The molecule has 1 aromatic heterocycles. The normalized spacial score (nSPS) is 21.6. The number of hydroxylamine groups is 1. The van der Waals surface area contributed by atoms with Gasteiger partial charge in [-0.3, -0.25) is 14.4 Å². The van der Waals surface area contributed by atoms with Gasteiger partial charge in [0.25, 0.3) is 5.91 Å². The SMILES string of the molecule is O=C1[C@@H]2[C@@H](ON(c3ccccc3)[C@H]2c2ccc(-c3ccc(Br)cc3)o2)C(=O)N1c1ccc(Cl)cc1. The van der Waals surface area contributed by atoms with Gasteiger partial charge in [0.1, 0.15) is 23.5 Å². The first-order valence-electron chi connectivity index (χ1n) is 11.0. The molecule has 2 aliphatic rings. The third-order valence-electron chi connectivity index (χ3n) is 6.26. The first-order valence-corrected chi connectivity index (χ1v) is 12.2. The summed E-state index contributed by atoms with van der Waals surface area (Å²) in [6.45, 7) is 0. The summed E-state index contributed by atoms with van der Waals surface area (Å²) < 4.78 is 7.22. The van der Waals surface area contributed by atoms with Crippen LogP contribution in [0.2, 0.25) is 5.02 Å². The molecule has 8 heteroatoms. The van der Waals surface area contributed by atoms with E-state index < -0.39 is 24.0 Å². The molecule has 6 nitrogen and oxygen atoms in total. The monoisotopic (exact) mass is 548 g/mol. The van der Waals surface area contributed by atoms with Gasteiger partial charge in [-0.2, -0.15) is 0 Å². The summed E-state index contributed by atoms with van der Waals surface area (Å²) in [5.74, 6) is -0.325. The molecule has 0 aliphatic carbocycles. The Morgan fingerprint density at radius 3 is 2.20 bits per heavy atom. The average Bonchev–Trinajstić information content (AvgIpc) is 3.56. The third-order valence-corrected chi connectivity index (χ3v) is 7.04. The molecule has 0 saturated carbocycles. The van der Waals surface area contributed by atoms with E-state index in [2.05, 4.69) is 15.9 Å². The Hall–Kier alpha value is -3.39. The van der Waals surface area contributed by atoms with Crippen molar-refractivity contribution in [2.45, 2.75) is 12.1 Å². The molecule has 0 radical (unpaired) electrons. The van der Waals surface area contributed by atoms with Crippen molar-refractivity contribution in [1.29, 1.82) is 0 Å². The van der Waals surface area contributed by atoms with Gasteiger partial charge in [0.15, 0.2) is 6.10 Å². The van der Waals surface area contributed by atoms with Gasteiger partial charge in [-0.25, -0.2) is 9.96 Å². The summed E-state index contributed by atoms with van der Waals surface area (Å²) in [7, 11) is 0. The maximum absolute atomic E-state index is 13.7. The third kappa shape index (κ3) is 3.76. The van der Waals surface area contributed by atoms with Gasteiger partial charge < -0.3 is 4.42 Å². The number of imide groups is 1. The topological polar surface area (TPSA) is 63.0 Å². The van der Waals surface area contributed by atoms with Crippen molar-refractivity contribution in [2.75, 3.05) is 9.96 Å². The lowest BCUT2D eigenvalue weighted by atomic mass is 9.94. The highest BCUT2D eigenvalue weighted by Gasteiger charge is 2.61. The fraction of sp³-hybridized carbons (Fsp3) is 0.111. The van der Waals surface area contributed by atoms with E-state index in [-0.39, 0.29) is 5.91 Å². The van der Waals surface area contributed by atoms with Crippen LogP contribution in [0.25, 0.3) is 11.3 Å². The molecule has 3 aromatic carbocycles. The van der Waals surface area contributed by atoms with Crippen LogP contribution in [0, 0.1) is 5.92 Å². The number of amides is 2. The second-order valence-corrected chi connectivity index (χ2v) is 9.71. The number of carbonyl (C=O) groups excluding carboxylic acids is 2. The Bertz CT molecular complexity index is 1410. The summed E-state index contributed by atoms with van der Waals surface area (Å²) >= 11 is 9.45. The van der Waals surface area contributed by atoms with E-state index in [1.54, 1.807) is 29.3 Å². The molecule has 0 N–H and O–H groups in total. The molecule has 0 spiro atoms. The highest BCUT2D eigenvalue weighted by atomic mass is 79.9. The average molecular weight is 550 g/mol. The van der Waals surface area contributed by atoms with Gasteiger partial charge in [0.2, 0.25) is 5.91 Å². The van der Waals surface area contributed by atoms with Gasteiger partial charge in [0.05, 0.1) is 11.4 Å². The summed E-state index contributed by atoms with van der Waals surface area (Å²) in [5, 5.41) is 2.14. The Kier molecular flexibility index (Phi) is 5.48. The van der Waals surface area contributed by atoms with Crippen molar-refractivity contribution in [3.63, 3.8) is 0 Å². The van der Waals surface area contributed by atoms with Crippen molar-refractivity contribution in [3.8, 4) is 11.3 Å². The number of hydrogen-bond donors (Lipinski definition) is 0. The lowest BCUT2D eigenvalue weighted by Gasteiger charge is -2.27. The van der Waals surface area contributed by atoms with Crippen LogP contribution in [0.4, 0.5) is 11.4 Å². The number of para-hydroxylation sites is 1. The van der Waals surface area contributed by atoms with E-state index in [1.165, 1.54) is 4.90 Å². The molecule has 6 rings (SSSR count). The molecule has 2 fully saturated rings. The van der Waals surface area contributed by atoms with E-state index in [9.17, 15) is 9.59 Å². The predicted molar refractivity (Wildman–Crippen MR) is 136 cm³/mol. The number of halogens is 2. The zero-order valence-electron chi connectivity index (χ0n) is 18.2. The van der Waals surface area contributed by atoms with Gasteiger partial charge in [-0.15, -0.1) is 0 Å². The van der Waals surface area contributed by atoms with Crippen molar-refractivity contribution in [3.05, 3.63) is 106 Å². The number of anilines is 2. The van der Waals surface area contributed by atoms with Crippen LogP contribution < -0.4 is 9.96 Å². The second kappa shape index (κ2) is 8.68. The van der Waals surface area contributed by atoms with E-state index in [0.29, 0.717) is 22.2 Å². The Morgan fingerprint density at radius 2 is 1.49 bits per heavy atom. The minimum absolute atomic E-state index is 0.340. The standard InChI is InChI=1S/C27H18BrClN2O4/c28-17-8-6-16(7-9-17)21-14-15-22(34-21)24-23-25(35-31(24)20-4-2-1-3-5-20)27(33)30(26(23)32)19-12-10-18(29)11-13-19/h1-15,23-25H/t23-,24-,25+/m0/s1. The number of carbonyl (C=O) groups is 2. The van der Waals surface area contributed by atoms with Crippen LogP contribution >= 0.6 is 27.5 Å². The molecule has 2 amide bonds. The maximum Gasteiger partial charge on any atom is 0.266 e. The molecule has 2 saturated heterocycles. The molecular formula is C27H18BrClN2O4. The fourth-order valence-corrected chi connectivity index (χ4v) is 5.02. The zero-order chi connectivity index (χ0) is 24.1. The molecule has 35 heavy (non-hydrogen) atoms. The van der Waals surface area contributed by atoms with Gasteiger partial charge in [-0.05, 0) is 60.7 Å². The van der Waals surface area contributed by atoms with Crippen molar-refractivity contribution in [2.24, 2.45) is 5.92 Å². The minimum atomic E-state index is -0.968. The van der Waals surface area contributed by atoms with Crippen molar-refractivity contribution < 1.29 is 18.8 Å². The number of fused-ring (bicyclic) bond motifs is 1.